The first-order chi connectivity index (χ1) is 13.7. The van der Waals surface area contributed by atoms with E-state index < -0.39 is 0 Å². The highest BCUT2D eigenvalue weighted by atomic mass is 32.1. The Morgan fingerprint density at radius 2 is 1.75 bits per heavy atom. The van der Waals surface area contributed by atoms with Gasteiger partial charge in [0.15, 0.2) is 5.82 Å². The van der Waals surface area contributed by atoms with Gasteiger partial charge in [0.2, 0.25) is 0 Å². The highest BCUT2D eigenvalue weighted by molar-refractivity contribution is 7.18. The monoisotopic (exact) mass is 393 g/mol. The number of anilines is 1. The molecule has 0 saturated carbocycles. The van der Waals surface area contributed by atoms with Gasteiger partial charge in [0.25, 0.3) is 0 Å². The molecule has 0 unspecified atom stereocenters. The topological polar surface area (TPSA) is 78.8 Å². The third-order valence-electron chi connectivity index (χ3n) is 4.82. The minimum absolute atomic E-state index is 0.521. The third kappa shape index (κ3) is 4.67. The Bertz CT molecular complexity index is 947. The smallest absolute Gasteiger partial charge is 0.163 e. The van der Waals surface area contributed by atoms with E-state index in [1.807, 2.05) is 26.0 Å². The van der Waals surface area contributed by atoms with Crippen molar-refractivity contribution in [3.63, 3.8) is 0 Å². The zero-order valence-corrected chi connectivity index (χ0v) is 17.4. The predicted octanol–water partition coefficient (Wildman–Crippen LogP) is 5.21. The summed E-state index contributed by atoms with van der Waals surface area (Å²) < 4.78 is 0. The number of nitrogens with two attached hydrogens (primary N) is 1. The molecular formula is C22H27N5S. The Kier molecular flexibility index (Phi) is 6.96. The van der Waals surface area contributed by atoms with Crippen molar-refractivity contribution in [1.82, 2.24) is 14.9 Å². The Labute approximate surface area is 170 Å². The SMILES string of the molecule is CC.N#Cc1ccc(-c2nc(N)c3cc(CN4CCCCCC4)sc3n2)cc1. The van der Waals surface area contributed by atoms with Gasteiger partial charge < -0.3 is 5.73 Å². The maximum absolute atomic E-state index is 8.94. The molecule has 1 aromatic carbocycles. The Balaban J connectivity index is 0.00000109. The molecule has 4 rings (SSSR count). The highest BCUT2D eigenvalue weighted by Crippen LogP contribution is 2.31. The van der Waals surface area contributed by atoms with Crippen LogP contribution >= 0.6 is 11.3 Å². The summed E-state index contributed by atoms with van der Waals surface area (Å²) in [5, 5.41) is 9.88. The number of fused-ring (bicyclic) bond motifs is 1. The molecule has 1 saturated heterocycles. The molecule has 5 nitrogen and oxygen atoms in total. The minimum atomic E-state index is 0.521. The summed E-state index contributed by atoms with van der Waals surface area (Å²) in [5.41, 5.74) is 7.71. The maximum Gasteiger partial charge on any atom is 0.163 e. The normalized spacial score (nSPS) is 14.8. The van der Waals surface area contributed by atoms with Crippen LogP contribution in [0.4, 0.5) is 5.82 Å². The quantitative estimate of drug-likeness (QED) is 0.660. The fraction of sp³-hybridized carbons (Fsp3) is 0.409. The second-order valence-electron chi connectivity index (χ2n) is 6.74. The van der Waals surface area contributed by atoms with Gasteiger partial charge in [-0.3, -0.25) is 4.90 Å². The first kappa shape index (κ1) is 20.2. The van der Waals surface area contributed by atoms with Crippen molar-refractivity contribution in [2.24, 2.45) is 0 Å². The third-order valence-corrected chi connectivity index (χ3v) is 5.84. The fourth-order valence-electron chi connectivity index (χ4n) is 3.41. The van der Waals surface area contributed by atoms with Crippen LogP contribution in [-0.2, 0) is 6.54 Å². The summed E-state index contributed by atoms with van der Waals surface area (Å²) in [7, 11) is 0. The minimum Gasteiger partial charge on any atom is -0.383 e. The van der Waals surface area contributed by atoms with Gasteiger partial charge >= 0.3 is 0 Å². The molecule has 2 aromatic heterocycles. The molecule has 0 amide bonds. The van der Waals surface area contributed by atoms with Gasteiger partial charge in [0.05, 0.1) is 17.0 Å². The van der Waals surface area contributed by atoms with E-state index in [2.05, 4.69) is 22.0 Å². The van der Waals surface area contributed by atoms with E-state index in [1.165, 1.54) is 43.6 Å². The van der Waals surface area contributed by atoms with Gasteiger partial charge in [-0.05, 0) is 56.3 Å². The van der Waals surface area contributed by atoms with Crippen LogP contribution in [0.2, 0.25) is 0 Å². The number of nitrogens with zero attached hydrogens (tertiary/aromatic N) is 4. The number of hydrogen-bond donors (Lipinski definition) is 1. The van der Waals surface area contributed by atoms with E-state index in [1.54, 1.807) is 23.5 Å². The second kappa shape index (κ2) is 9.63. The lowest BCUT2D eigenvalue weighted by Crippen LogP contribution is -2.23. The summed E-state index contributed by atoms with van der Waals surface area (Å²) in [6.45, 7) is 7.31. The number of thiophene rings is 1. The molecule has 0 atom stereocenters. The van der Waals surface area contributed by atoms with Crippen LogP contribution in [0, 0.1) is 11.3 Å². The molecule has 3 heterocycles. The average molecular weight is 394 g/mol. The molecule has 146 valence electrons. The highest BCUT2D eigenvalue weighted by Gasteiger charge is 2.14. The zero-order chi connectivity index (χ0) is 19.9. The summed E-state index contributed by atoms with van der Waals surface area (Å²) >= 11 is 1.70. The molecule has 0 spiro atoms. The van der Waals surface area contributed by atoms with Crippen LogP contribution < -0.4 is 5.73 Å². The number of nitrogen functional groups attached to an aromatic ring is 1. The summed E-state index contributed by atoms with van der Waals surface area (Å²) in [4.78, 5) is 14.0. The molecule has 28 heavy (non-hydrogen) atoms. The van der Waals surface area contributed by atoms with Crippen molar-refractivity contribution in [2.75, 3.05) is 18.8 Å². The average Bonchev–Trinajstić information content (AvgIpc) is 2.97. The van der Waals surface area contributed by atoms with Crippen molar-refractivity contribution in [3.05, 3.63) is 40.8 Å². The van der Waals surface area contributed by atoms with Crippen LogP contribution in [0.15, 0.2) is 30.3 Å². The van der Waals surface area contributed by atoms with Crippen molar-refractivity contribution in [3.8, 4) is 17.5 Å². The first-order valence-electron chi connectivity index (χ1n) is 10.0. The zero-order valence-electron chi connectivity index (χ0n) is 16.6. The van der Waals surface area contributed by atoms with Crippen molar-refractivity contribution >= 4 is 27.4 Å². The van der Waals surface area contributed by atoms with Crippen LogP contribution in [0.25, 0.3) is 21.6 Å². The number of likely N-dealkylation sites (tertiary alicyclic amines) is 1. The van der Waals surface area contributed by atoms with Gasteiger partial charge in [-0.25, -0.2) is 9.97 Å². The molecule has 1 aliphatic rings. The molecule has 6 heteroatoms. The van der Waals surface area contributed by atoms with Gasteiger partial charge in [0.1, 0.15) is 10.6 Å². The van der Waals surface area contributed by atoms with Crippen LogP contribution in [0.1, 0.15) is 50.0 Å². The maximum atomic E-state index is 8.94. The number of aromatic nitrogens is 2. The Morgan fingerprint density at radius 1 is 1.07 bits per heavy atom. The molecule has 0 aliphatic carbocycles. The van der Waals surface area contributed by atoms with Gasteiger partial charge in [-0.2, -0.15) is 5.26 Å². The predicted molar refractivity (Wildman–Crippen MR) is 117 cm³/mol. The number of nitriles is 1. The molecule has 0 radical (unpaired) electrons. The fourth-order valence-corrected chi connectivity index (χ4v) is 4.49. The Morgan fingerprint density at radius 3 is 2.39 bits per heavy atom. The number of benzene rings is 1. The summed E-state index contributed by atoms with van der Waals surface area (Å²) in [6.07, 6.45) is 5.26. The van der Waals surface area contributed by atoms with E-state index >= 15 is 0 Å². The standard InChI is InChI=1S/C20H21N5S.C2H6/c21-12-14-5-7-15(8-6-14)19-23-18(22)17-11-16(26-20(17)24-19)13-25-9-3-1-2-4-10-25;1-2/h5-8,11H,1-4,9-10,13H2,(H2,22,23,24);1-2H3. The lowest BCUT2D eigenvalue weighted by molar-refractivity contribution is 0.279. The summed E-state index contributed by atoms with van der Waals surface area (Å²) in [5.74, 6) is 1.13. The molecule has 2 N–H and O–H groups in total. The van der Waals surface area contributed by atoms with Crippen molar-refractivity contribution in [2.45, 2.75) is 46.1 Å². The van der Waals surface area contributed by atoms with Crippen LogP contribution in [0.5, 0.6) is 0 Å². The van der Waals surface area contributed by atoms with E-state index in [0.717, 1.165) is 22.3 Å². The second-order valence-corrected chi connectivity index (χ2v) is 7.86. The van der Waals surface area contributed by atoms with Gasteiger partial charge in [-0.1, -0.05) is 26.7 Å². The van der Waals surface area contributed by atoms with E-state index in [0.29, 0.717) is 17.2 Å². The van der Waals surface area contributed by atoms with E-state index in [-0.39, 0.29) is 0 Å². The first-order valence-corrected chi connectivity index (χ1v) is 10.8. The number of hydrogen-bond acceptors (Lipinski definition) is 6. The molecule has 3 aromatic rings. The van der Waals surface area contributed by atoms with Crippen LogP contribution in [0.3, 0.4) is 0 Å². The van der Waals surface area contributed by atoms with Crippen molar-refractivity contribution < 1.29 is 0 Å². The molecular weight excluding hydrogens is 366 g/mol. The van der Waals surface area contributed by atoms with Gasteiger partial charge in [0, 0.05) is 17.0 Å². The van der Waals surface area contributed by atoms with Crippen LogP contribution in [-0.4, -0.2) is 28.0 Å². The van der Waals surface area contributed by atoms with Crippen molar-refractivity contribution in [1.29, 1.82) is 5.26 Å². The Hall–Kier alpha value is -2.49. The lowest BCUT2D eigenvalue weighted by Gasteiger charge is -2.18. The largest absolute Gasteiger partial charge is 0.383 e. The lowest BCUT2D eigenvalue weighted by atomic mass is 10.1. The van der Waals surface area contributed by atoms with E-state index in [4.69, 9.17) is 16.0 Å². The molecule has 1 aliphatic heterocycles. The molecule has 1 fully saturated rings. The van der Waals surface area contributed by atoms with E-state index in [9.17, 15) is 0 Å². The molecule has 0 bridgehead atoms. The number of rotatable bonds is 3. The van der Waals surface area contributed by atoms with Gasteiger partial charge in [-0.15, -0.1) is 11.3 Å². The summed E-state index contributed by atoms with van der Waals surface area (Å²) in [6, 6.07) is 11.6.